The molecule has 12 heteroatoms. The van der Waals surface area contributed by atoms with Gasteiger partial charge in [-0.15, -0.1) is 0 Å². The van der Waals surface area contributed by atoms with Crippen molar-refractivity contribution in [2.75, 3.05) is 5.32 Å². The first-order chi connectivity index (χ1) is 18.0. The molecule has 0 aliphatic rings. The van der Waals surface area contributed by atoms with E-state index in [1.807, 2.05) is 0 Å². The summed E-state index contributed by atoms with van der Waals surface area (Å²) in [7, 11) is 0. The van der Waals surface area contributed by atoms with E-state index in [0.29, 0.717) is 22.8 Å². The zero-order valence-electron chi connectivity index (χ0n) is 19.4. The molecule has 0 aliphatic carbocycles. The molecular formula is C26H20ClF3N4O4. The summed E-state index contributed by atoms with van der Waals surface area (Å²) in [5.74, 6) is -0.935. The van der Waals surface area contributed by atoms with Gasteiger partial charge < -0.3 is 20.8 Å². The minimum Gasteiger partial charge on any atom is -0.465 e. The molecule has 196 valence electrons. The molecule has 0 spiro atoms. The standard InChI is InChI=1S/C26H20ClF3N4O4/c27-19-10-9-17(23(35)16-6-2-1-3-7-16)12-20(19)32-24(36)21-13-22(26(28,29)30)33-34(21)18-8-4-5-15(11-18)14-31-25(37)38/h1-13,23,31,35H,14H2,(H,32,36)(H,37,38). The number of nitrogens with one attached hydrogen (secondary N) is 2. The highest BCUT2D eigenvalue weighted by Gasteiger charge is 2.36. The second kappa shape index (κ2) is 11.0. The lowest BCUT2D eigenvalue weighted by Gasteiger charge is -2.15. The summed E-state index contributed by atoms with van der Waals surface area (Å²) in [4.78, 5) is 24.0. The molecule has 1 aromatic heterocycles. The van der Waals surface area contributed by atoms with Gasteiger partial charge in [-0.2, -0.15) is 18.3 Å². The van der Waals surface area contributed by atoms with Crippen LogP contribution in [-0.2, 0) is 12.7 Å². The number of carboxylic acid groups (broad SMARTS) is 1. The Balaban J connectivity index is 1.68. The van der Waals surface area contributed by atoms with E-state index >= 15 is 0 Å². The summed E-state index contributed by atoms with van der Waals surface area (Å²) in [6.45, 7) is -0.107. The fourth-order valence-corrected chi connectivity index (χ4v) is 3.84. The van der Waals surface area contributed by atoms with Crippen LogP contribution < -0.4 is 10.6 Å². The van der Waals surface area contributed by atoms with Gasteiger partial charge in [-0.05, 0) is 41.0 Å². The molecule has 0 radical (unpaired) electrons. The molecule has 0 aliphatic heterocycles. The van der Waals surface area contributed by atoms with E-state index in [1.165, 1.54) is 30.3 Å². The first kappa shape index (κ1) is 26.7. The van der Waals surface area contributed by atoms with Gasteiger partial charge in [0.15, 0.2) is 5.69 Å². The zero-order valence-corrected chi connectivity index (χ0v) is 20.2. The van der Waals surface area contributed by atoms with E-state index < -0.39 is 35.7 Å². The first-order valence-corrected chi connectivity index (χ1v) is 11.5. The van der Waals surface area contributed by atoms with Crippen LogP contribution in [0.15, 0.2) is 78.9 Å². The Labute approximate surface area is 219 Å². The van der Waals surface area contributed by atoms with Crippen molar-refractivity contribution < 1.29 is 33.0 Å². The van der Waals surface area contributed by atoms with Gasteiger partial charge >= 0.3 is 12.3 Å². The van der Waals surface area contributed by atoms with E-state index in [4.69, 9.17) is 16.7 Å². The molecule has 4 aromatic rings. The molecule has 3 aromatic carbocycles. The number of anilines is 1. The maximum absolute atomic E-state index is 13.5. The second-order valence-corrected chi connectivity index (χ2v) is 8.57. The third-order valence-electron chi connectivity index (χ3n) is 5.50. The molecule has 4 rings (SSSR count). The van der Waals surface area contributed by atoms with Crippen molar-refractivity contribution >= 4 is 29.3 Å². The molecule has 4 N–H and O–H groups in total. The summed E-state index contributed by atoms with van der Waals surface area (Å²) >= 11 is 6.24. The number of benzene rings is 3. The van der Waals surface area contributed by atoms with Gasteiger partial charge in [0.05, 0.1) is 16.4 Å². The van der Waals surface area contributed by atoms with E-state index in [2.05, 4.69) is 15.7 Å². The van der Waals surface area contributed by atoms with Crippen molar-refractivity contribution in [3.8, 4) is 5.69 Å². The number of halogens is 4. The van der Waals surface area contributed by atoms with Crippen molar-refractivity contribution in [3.05, 3.63) is 112 Å². The van der Waals surface area contributed by atoms with Crippen molar-refractivity contribution in [2.45, 2.75) is 18.8 Å². The van der Waals surface area contributed by atoms with Crippen LogP contribution in [0.4, 0.5) is 23.7 Å². The minimum atomic E-state index is -4.83. The number of aliphatic hydroxyl groups is 1. The summed E-state index contributed by atoms with van der Waals surface area (Å²) in [5.41, 5.74) is -0.122. The fourth-order valence-electron chi connectivity index (χ4n) is 3.68. The van der Waals surface area contributed by atoms with Gasteiger partial charge in [-0.3, -0.25) is 4.79 Å². The molecule has 1 unspecified atom stereocenters. The Morgan fingerprint density at radius 2 is 1.71 bits per heavy atom. The number of hydrogen-bond acceptors (Lipinski definition) is 4. The van der Waals surface area contributed by atoms with Crippen LogP contribution >= 0.6 is 11.6 Å². The van der Waals surface area contributed by atoms with Gasteiger partial charge in [0.2, 0.25) is 0 Å². The number of carbonyl (C=O) groups is 2. The van der Waals surface area contributed by atoms with Crippen molar-refractivity contribution in [2.24, 2.45) is 0 Å². The van der Waals surface area contributed by atoms with E-state index in [-0.39, 0.29) is 22.9 Å². The fraction of sp³-hybridized carbons (Fsp3) is 0.115. The van der Waals surface area contributed by atoms with E-state index in [0.717, 1.165) is 4.68 Å². The Bertz CT molecular complexity index is 1480. The predicted octanol–water partition coefficient (Wildman–Crippen LogP) is 5.65. The maximum atomic E-state index is 13.5. The molecule has 0 saturated carbocycles. The molecule has 0 bridgehead atoms. The Morgan fingerprint density at radius 3 is 2.39 bits per heavy atom. The summed E-state index contributed by atoms with van der Waals surface area (Å²) in [6, 6.07) is 19.7. The Kier molecular flexibility index (Phi) is 7.70. The summed E-state index contributed by atoms with van der Waals surface area (Å²) in [5, 5.41) is 27.9. The number of nitrogens with zero attached hydrogens (tertiary/aromatic N) is 2. The van der Waals surface area contributed by atoms with Crippen LogP contribution in [0.3, 0.4) is 0 Å². The van der Waals surface area contributed by atoms with Crippen molar-refractivity contribution in [3.63, 3.8) is 0 Å². The number of aromatic nitrogens is 2. The molecule has 2 amide bonds. The highest BCUT2D eigenvalue weighted by atomic mass is 35.5. The number of rotatable bonds is 7. The van der Waals surface area contributed by atoms with Crippen LogP contribution in [0.25, 0.3) is 5.69 Å². The molecule has 8 nitrogen and oxygen atoms in total. The van der Waals surface area contributed by atoms with Crippen LogP contribution in [0.2, 0.25) is 5.02 Å². The largest absolute Gasteiger partial charge is 0.465 e. The highest BCUT2D eigenvalue weighted by Crippen LogP contribution is 2.32. The van der Waals surface area contributed by atoms with Crippen LogP contribution in [0.5, 0.6) is 0 Å². The Morgan fingerprint density at radius 1 is 0.974 bits per heavy atom. The lowest BCUT2D eigenvalue weighted by molar-refractivity contribution is -0.141. The van der Waals surface area contributed by atoms with Gasteiger partial charge in [0.1, 0.15) is 11.8 Å². The lowest BCUT2D eigenvalue weighted by atomic mass is 10.0. The summed E-state index contributed by atoms with van der Waals surface area (Å²) < 4.78 is 41.4. The third-order valence-corrected chi connectivity index (χ3v) is 5.83. The van der Waals surface area contributed by atoms with Crippen LogP contribution in [-0.4, -0.2) is 32.0 Å². The summed E-state index contributed by atoms with van der Waals surface area (Å²) in [6.07, 6.45) is -7.14. The predicted molar refractivity (Wildman–Crippen MR) is 133 cm³/mol. The number of carbonyl (C=O) groups excluding carboxylic acids is 1. The quantitative estimate of drug-likeness (QED) is 0.240. The van der Waals surface area contributed by atoms with Gasteiger partial charge in [0, 0.05) is 12.6 Å². The first-order valence-electron chi connectivity index (χ1n) is 11.1. The van der Waals surface area contributed by atoms with Crippen molar-refractivity contribution in [1.82, 2.24) is 15.1 Å². The number of amides is 2. The topological polar surface area (TPSA) is 116 Å². The molecule has 1 heterocycles. The maximum Gasteiger partial charge on any atom is 0.435 e. The normalized spacial score (nSPS) is 12.1. The molecule has 0 saturated heterocycles. The third kappa shape index (κ3) is 6.13. The second-order valence-electron chi connectivity index (χ2n) is 8.16. The average Bonchev–Trinajstić information content (AvgIpc) is 3.36. The monoisotopic (exact) mass is 544 g/mol. The van der Waals surface area contributed by atoms with Gasteiger partial charge in [-0.25, -0.2) is 9.48 Å². The minimum absolute atomic E-state index is 0.0739. The van der Waals surface area contributed by atoms with E-state index in [9.17, 15) is 27.9 Å². The van der Waals surface area contributed by atoms with Gasteiger partial charge in [0.25, 0.3) is 5.91 Å². The van der Waals surface area contributed by atoms with Crippen molar-refractivity contribution in [1.29, 1.82) is 0 Å². The van der Waals surface area contributed by atoms with Gasteiger partial charge in [-0.1, -0.05) is 60.1 Å². The lowest BCUT2D eigenvalue weighted by Crippen LogP contribution is -2.20. The van der Waals surface area contributed by atoms with Crippen LogP contribution in [0.1, 0.15) is 39.0 Å². The molecule has 1 atom stereocenters. The molecule has 38 heavy (non-hydrogen) atoms. The highest BCUT2D eigenvalue weighted by molar-refractivity contribution is 6.34. The van der Waals surface area contributed by atoms with Crippen LogP contribution in [0, 0.1) is 0 Å². The molecule has 0 fully saturated rings. The van der Waals surface area contributed by atoms with E-state index in [1.54, 1.807) is 42.5 Å². The number of hydrogen-bond donors (Lipinski definition) is 4. The zero-order chi connectivity index (χ0) is 27.4. The number of alkyl halides is 3. The Hall–Kier alpha value is -4.35. The number of aliphatic hydroxyl groups excluding tert-OH is 1. The SMILES string of the molecule is O=C(O)NCc1cccc(-n2nc(C(F)(F)F)cc2C(=O)Nc2cc(C(O)c3ccccc3)ccc2Cl)c1. The average molecular weight is 545 g/mol. The molecular weight excluding hydrogens is 525 g/mol. The smallest absolute Gasteiger partial charge is 0.435 e.